The molecule has 0 saturated carbocycles. The number of hydrogen-bond acceptors (Lipinski definition) is 3. The van der Waals surface area contributed by atoms with Crippen LogP contribution < -0.4 is 5.73 Å². The van der Waals surface area contributed by atoms with Crippen molar-refractivity contribution in [2.24, 2.45) is 16.8 Å². The fraction of sp³-hybridized carbons (Fsp3) is 0.462. The molecule has 0 aliphatic rings. The lowest BCUT2D eigenvalue weighted by Gasteiger charge is -2.27. The summed E-state index contributed by atoms with van der Waals surface area (Å²) in [7, 11) is 0. The number of nitrogens with zero attached hydrogens (tertiary/aromatic N) is 2. The van der Waals surface area contributed by atoms with Crippen molar-refractivity contribution in [3.8, 4) is 0 Å². The van der Waals surface area contributed by atoms with E-state index in [-0.39, 0.29) is 6.54 Å². The minimum Gasteiger partial charge on any atom is -0.409 e. The maximum atomic E-state index is 12.9. The Hall–Kier alpha value is -1.76. The van der Waals surface area contributed by atoms with E-state index in [9.17, 15) is 13.2 Å². The molecule has 1 aromatic carbocycles. The molecular weight excluding hydrogens is 271 g/mol. The monoisotopic (exact) mass is 289 g/mol. The van der Waals surface area contributed by atoms with Gasteiger partial charge < -0.3 is 10.9 Å². The molecule has 20 heavy (non-hydrogen) atoms. The van der Waals surface area contributed by atoms with E-state index in [0.29, 0.717) is 13.1 Å². The van der Waals surface area contributed by atoms with Gasteiger partial charge in [0.15, 0.2) is 5.84 Å². The molecule has 0 amide bonds. The van der Waals surface area contributed by atoms with Crippen LogP contribution in [0.4, 0.5) is 13.2 Å². The highest BCUT2D eigenvalue weighted by atomic mass is 19.4. The van der Waals surface area contributed by atoms with Crippen molar-refractivity contribution in [1.82, 2.24) is 4.90 Å². The average molecular weight is 289 g/mol. The van der Waals surface area contributed by atoms with Gasteiger partial charge in [0.2, 0.25) is 0 Å². The molecule has 0 aromatic heterocycles. The normalized spacial score (nSPS) is 14.6. The smallest absolute Gasteiger partial charge is 0.400 e. The third kappa shape index (κ3) is 4.73. The Balaban J connectivity index is 2.79. The van der Waals surface area contributed by atoms with E-state index < -0.39 is 17.9 Å². The minimum atomic E-state index is -4.54. The molecule has 1 rings (SSSR count). The fourth-order valence-electron chi connectivity index (χ4n) is 1.84. The summed E-state index contributed by atoms with van der Waals surface area (Å²) in [5.41, 5.74) is 6.06. The number of halogens is 3. The van der Waals surface area contributed by atoms with Gasteiger partial charge in [0.25, 0.3) is 0 Å². The zero-order chi connectivity index (χ0) is 15.2. The summed E-state index contributed by atoms with van der Waals surface area (Å²) >= 11 is 0. The summed E-state index contributed by atoms with van der Waals surface area (Å²) < 4.78 is 38.7. The van der Waals surface area contributed by atoms with E-state index in [0.717, 1.165) is 5.56 Å². The molecule has 0 heterocycles. The van der Waals surface area contributed by atoms with Crippen LogP contribution in [0.25, 0.3) is 0 Å². The molecule has 0 radical (unpaired) electrons. The van der Waals surface area contributed by atoms with Crippen molar-refractivity contribution in [2.75, 3.05) is 13.1 Å². The van der Waals surface area contributed by atoms with E-state index in [1.807, 2.05) is 30.3 Å². The highest BCUT2D eigenvalue weighted by Gasteiger charge is 2.43. The Morgan fingerprint density at radius 2 is 1.95 bits per heavy atom. The molecular formula is C13H18F3N3O. The lowest BCUT2D eigenvalue weighted by molar-refractivity contribution is -0.160. The molecule has 0 spiro atoms. The minimum absolute atomic E-state index is 0.342. The second-order valence-electron chi connectivity index (χ2n) is 4.43. The average Bonchev–Trinajstić information content (AvgIpc) is 2.42. The van der Waals surface area contributed by atoms with Gasteiger partial charge in [-0.1, -0.05) is 42.4 Å². The maximum absolute atomic E-state index is 12.9. The van der Waals surface area contributed by atoms with E-state index in [1.165, 1.54) is 0 Å². The number of benzene rings is 1. The van der Waals surface area contributed by atoms with Gasteiger partial charge in [-0.25, -0.2) is 0 Å². The lowest BCUT2D eigenvalue weighted by Crippen LogP contribution is -2.44. The van der Waals surface area contributed by atoms with Crippen LogP contribution in [0, 0.1) is 5.92 Å². The first-order chi connectivity index (χ1) is 9.38. The molecule has 0 bridgehead atoms. The lowest BCUT2D eigenvalue weighted by atomic mass is 10.1. The number of nitrogens with two attached hydrogens (primary N) is 1. The summed E-state index contributed by atoms with van der Waals surface area (Å²) in [6.07, 6.45) is -4.54. The van der Waals surface area contributed by atoms with E-state index in [1.54, 1.807) is 11.8 Å². The highest BCUT2D eigenvalue weighted by Crippen LogP contribution is 2.27. The molecule has 0 aliphatic carbocycles. The van der Waals surface area contributed by atoms with Crippen molar-refractivity contribution in [3.05, 3.63) is 35.9 Å². The summed E-state index contributed by atoms with van der Waals surface area (Å²) in [5.74, 6) is -2.79. The molecule has 1 unspecified atom stereocenters. The Labute approximate surface area is 115 Å². The zero-order valence-electron chi connectivity index (χ0n) is 11.1. The maximum Gasteiger partial charge on any atom is 0.400 e. The van der Waals surface area contributed by atoms with Crippen LogP contribution in [0.5, 0.6) is 0 Å². The van der Waals surface area contributed by atoms with Crippen molar-refractivity contribution in [1.29, 1.82) is 0 Å². The third-order valence-corrected chi connectivity index (χ3v) is 3.00. The van der Waals surface area contributed by atoms with Gasteiger partial charge in [0.05, 0.1) is 0 Å². The van der Waals surface area contributed by atoms with Gasteiger partial charge in [-0.15, -0.1) is 0 Å². The van der Waals surface area contributed by atoms with Gasteiger partial charge in [0.1, 0.15) is 5.92 Å². The molecule has 4 nitrogen and oxygen atoms in total. The molecule has 3 N–H and O–H groups in total. The van der Waals surface area contributed by atoms with Crippen molar-refractivity contribution < 1.29 is 18.4 Å². The van der Waals surface area contributed by atoms with Crippen molar-refractivity contribution in [3.63, 3.8) is 0 Å². The van der Waals surface area contributed by atoms with Crippen LogP contribution in [-0.2, 0) is 6.54 Å². The van der Waals surface area contributed by atoms with Gasteiger partial charge in [-0.2, -0.15) is 13.2 Å². The molecule has 0 aliphatic heterocycles. The van der Waals surface area contributed by atoms with E-state index in [4.69, 9.17) is 10.9 Å². The molecule has 7 heteroatoms. The second kappa shape index (κ2) is 7.14. The summed E-state index contributed by atoms with van der Waals surface area (Å²) in [6.45, 7) is 2.23. The largest absolute Gasteiger partial charge is 0.409 e. The van der Waals surface area contributed by atoms with Gasteiger partial charge >= 0.3 is 6.18 Å². The third-order valence-electron chi connectivity index (χ3n) is 3.00. The van der Waals surface area contributed by atoms with Crippen molar-refractivity contribution >= 4 is 5.84 Å². The first-order valence-corrected chi connectivity index (χ1v) is 6.18. The van der Waals surface area contributed by atoms with Crippen LogP contribution in [0.1, 0.15) is 12.5 Å². The first-order valence-electron chi connectivity index (χ1n) is 6.18. The van der Waals surface area contributed by atoms with Crippen LogP contribution >= 0.6 is 0 Å². The molecule has 1 atom stereocenters. The van der Waals surface area contributed by atoms with Gasteiger partial charge in [-0.3, -0.25) is 4.90 Å². The van der Waals surface area contributed by atoms with Crippen LogP contribution in [-0.4, -0.2) is 35.2 Å². The van der Waals surface area contributed by atoms with E-state index >= 15 is 0 Å². The Bertz CT molecular complexity index is 434. The predicted octanol–water partition coefficient (Wildman–Crippen LogP) is 2.43. The molecule has 0 saturated heterocycles. The van der Waals surface area contributed by atoms with Crippen LogP contribution in [0.3, 0.4) is 0 Å². The number of rotatable bonds is 6. The zero-order valence-corrected chi connectivity index (χ0v) is 11.1. The first kappa shape index (κ1) is 16.3. The highest BCUT2D eigenvalue weighted by molar-refractivity contribution is 5.83. The topological polar surface area (TPSA) is 61.8 Å². The van der Waals surface area contributed by atoms with E-state index in [2.05, 4.69) is 5.16 Å². The Morgan fingerprint density at radius 3 is 2.40 bits per heavy atom. The Kier molecular flexibility index (Phi) is 5.82. The number of oxime groups is 1. The number of amidine groups is 1. The number of alkyl halides is 3. The van der Waals surface area contributed by atoms with Crippen molar-refractivity contribution in [2.45, 2.75) is 19.6 Å². The molecule has 0 fully saturated rings. The Morgan fingerprint density at radius 1 is 1.35 bits per heavy atom. The predicted molar refractivity (Wildman–Crippen MR) is 70.3 cm³/mol. The van der Waals surface area contributed by atoms with Crippen LogP contribution in [0.15, 0.2) is 35.5 Å². The standard InChI is InChI=1S/C13H18F3N3O/c1-2-19(8-10-6-4-3-5-7-10)9-11(12(17)18-20)13(14,15)16/h3-7,11,20H,2,8-9H2,1H3,(H2,17,18). The quantitative estimate of drug-likeness (QED) is 0.366. The second-order valence-corrected chi connectivity index (χ2v) is 4.43. The SMILES string of the molecule is CCN(Cc1ccccc1)CC(/C(N)=N/O)C(F)(F)F. The summed E-state index contributed by atoms with van der Waals surface area (Å²) in [5, 5.41) is 11.0. The van der Waals surface area contributed by atoms with Gasteiger partial charge in [0, 0.05) is 13.1 Å². The van der Waals surface area contributed by atoms with Crippen LogP contribution in [0.2, 0.25) is 0 Å². The summed E-state index contributed by atoms with van der Waals surface area (Å²) in [6, 6.07) is 9.18. The molecule has 112 valence electrons. The number of hydrogen-bond donors (Lipinski definition) is 2. The molecule has 1 aromatic rings. The fourth-order valence-corrected chi connectivity index (χ4v) is 1.84. The summed E-state index contributed by atoms with van der Waals surface area (Å²) in [4.78, 5) is 1.60. The van der Waals surface area contributed by atoms with Gasteiger partial charge in [-0.05, 0) is 12.1 Å².